The molecule has 6 heteroatoms. The van der Waals surface area contributed by atoms with Crippen molar-refractivity contribution in [3.8, 4) is 0 Å². The number of H-pyrrole nitrogens is 1. The summed E-state index contributed by atoms with van der Waals surface area (Å²) in [5.41, 5.74) is 0. The summed E-state index contributed by atoms with van der Waals surface area (Å²) in [6, 6.07) is 8.10. The molecule has 2 aromatic rings. The van der Waals surface area contributed by atoms with E-state index in [4.69, 9.17) is 16.7 Å². The second-order valence-corrected chi connectivity index (χ2v) is 5.08. The summed E-state index contributed by atoms with van der Waals surface area (Å²) in [5, 5.41) is 2.67. The maximum atomic E-state index is 4.83. The first-order valence-electron chi connectivity index (χ1n) is 4.17. The standard InChI is InChI=1S/C9H7BrN2OS2/c10-6-1-3-7(4-2-6)15-5-8-11-9(14)13-12-8/h1-4H,5H2,(H,11,12,14). The third-order valence-electron chi connectivity index (χ3n) is 1.67. The van der Waals surface area contributed by atoms with Crippen molar-refractivity contribution < 1.29 is 4.52 Å². The SMILES string of the molecule is S=c1nc(CSc2ccc(Br)cc2)[nH]o1. The lowest BCUT2D eigenvalue weighted by Gasteiger charge is -1.98. The molecule has 0 aliphatic carbocycles. The van der Waals surface area contributed by atoms with Gasteiger partial charge >= 0.3 is 4.84 Å². The molecule has 1 heterocycles. The summed E-state index contributed by atoms with van der Waals surface area (Å²) in [6.45, 7) is 0. The molecule has 0 aliphatic rings. The number of nitrogens with one attached hydrogen (secondary N) is 1. The van der Waals surface area contributed by atoms with Crippen LogP contribution in [0.15, 0.2) is 38.2 Å². The third-order valence-corrected chi connectivity index (χ3v) is 3.40. The average molecular weight is 303 g/mol. The first-order chi connectivity index (χ1) is 7.24. The van der Waals surface area contributed by atoms with Gasteiger partial charge in [-0.25, -0.2) is 5.16 Å². The van der Waals surface area contributed by atoms with Crippen molar-refractivity contribution in [1.82, 2.24) is 10.1 Å². The molecule has 0 saturated carbocycles. The molecule has 1 N–H and O–H groups in total. The molecule has 1 aromatic heterocycles. The number of hydrogen-bond acceptors (Lipinski definition) is 4. The fourth-order valence-corrected chi connectivity index (χ4v) is 2.17. The predicted octanol–water partition coefficient (Wildman–Crippen LogP) is 3.79. The minimum absolute atomic E-state index is 0.251. The van der Waals surface area contributed by atoms with Gasteiger partial charge in [-0.1, -0.05) is 15.9 Å². The highest BCUT2D eigenvalue weighted by molar-refractivity contribution is 9.10. The van der Waals surface area contributed by atoms with E-state index >= 15 is 0 Å². The Morgan fingerprint density at radius 3 is 2.73 bits per heavy atom. The van der Waals surface area contributed by atoms with E-state index in [-0.39, 0.29) is 4.84 Å². The quantitative estimate of drug-likeness (QED) is 0.692. The number of thioether (sulfide) groups is 1. The van der Waals surface area contributed by atoms with Gasteiger partial charge in [0, 0.05) is 9.37 Å². The lowest BCUT2D eigenvalue weighted by atomic mass is 10.4. The maximum absolute atomic E-state index is 4.83. The molecule has 0 atom stereocenters. The monoisotopic (exact) mass is 302 g/mol. The molecule has 0 aliphatic heterocycles. The Bertz CT molecular complexity index is 491. The van der Waals surface area contributed by atoms with Crippen molar-refractivity contribution in [2.45, 2.75) is 10.6 Å². The number of aromatic amines is 1. The van der Waals surface area contributed by atoms with Crippen LogP contribution in [0.1, 0.15) is 5.82 Å². The van der Waals surface area contributed by atoms with E-state index < -0.39 is 0 Å². The van der Waals surface area contributed by atoms with E-state index in [9.17, 15) is 0 Å². The summed E-state index contributed by atoms with van der Waals surface area (Å²) in [4.78, 5) is 5.44. The van der Waals surface area contributed by atoms with E-state index in [1.54, 1.807) is 11.8 Å². The molecule has 0 saturated heterocycles. The summed E-state index contributed by atoms with van der Waals surface area (Å²) in [6.07, 6.45) is 0. The summed E-state index contributed by atoms with van der Waals surface area (Å²) >= 11 is 9.82. The molecule has 0 radical (unpaired) electrons. The van der Waals surface area contributed by atoms with E-state index in [1.807, 2.05) is 24.3 Å². The van der Waals surface area contributed by atoms with E-state index in [1.165, 1.54) is 4.90 Å². The normalized spacial score (nSPS) is 10.5. The Morgan fingerprint density at radius 2 is 2.13 bits per heavy atom. The van der Waals surface area contributed by atoms with Crippen LogP contribution in [0.25, 0.3) is 0 Å². The van der Waals surface area contributed by atoms with Crippen molar-refractivity contribution in [2.75, 3.05) is 0 Å². The van der Waals surface area contributed by atoms with E-state index in [2.05, 4.69) is 26.1 Å². The highest BCUT2D eigenvalue weighted by Gasteiger charge is 1.99. The molecule has 0 unspecified atom stereocenters. The molecule has 1 aromatic carbocycles. The van der Waals surface area contributed by atoms with Gasteiger partial charge < -0.3 is 4.52 Å². The number of aromatic nitrogens is 2. The number of nitrogens with zero attached hydrogens (tertiary/aromatic N) is 1. The Kier molecular flexibility index (Phi) is 3.61. The van der Waals surface area contributed by atoms with Crippen LogP contribution in [0, 0.1) is 4.84 Å². The zero-order valence-electron chi connectivity index (χ0n) is 7.57. The van der Waals surface area contributed by atoms with Crippen LogP contribution in [0.2, 0.25) is 0 Å². The van der Waals surface area contributed by atoms with E-state index in [0.717, 1.165) is 16.0 Å². The van der Waals surface area contributed by atoms with Crippen LogP contribution in [-0.2, 0) is 5.75 Å². The van der Waals surface area contributed by atoms with Gasteiger partial charge in [-0.2, -0.15) is 4.98 Å². The van der Waals surface area contributed by atoms with Gasteiger partial charge in [0.2, 0.25) is 0 Å². The summed E-state index contributed by atoms with van der Waals surface area (Å²) in [7, 11) is 0. The van der Waals surface area contributed by atoms with Gasteiger partial charge in [-0.05, 0) is 36.5 Å². The number of rotatable bonds is 3. The van der Waals surface area contributed by atoms with Crippen LogP contribution in [0.4, 0.5) is 0 Å². The van der Waals surface area contributed by atoms with Crippen molar-refractivity contribution in [1.29, 1.82) is 0 Å². The van der Waals surface area contributed by atoms with Gasteiger partial charge in [0.25, 0.3) is 0 Å². The topological polar surface area (TPSA) is 41.8 Å². The molecule has 0 fully saturated rings. The van der Waals surface area contributed by atoms with Crippen molar-refractivity contribution in [3.05, 3.63) is 39.4 Å². The zero-order valence-corrected chi connectivity index (χ0v) is 10.8. The predicted molar refractivity (Wildman–Crippen MR) is 65.4 cm³/mol. The minimum atomic E-state index is 0.251. The van der Waals surface area contributed by atoms with Crippen molar-refractivity contribution >= 4 is 39.9 Å². The van der Waals surface area contributed by atoms with Crippen LogP contribution in [0.3, 0.4) is 0 Å². The second-order valence-electron chi connectivity index (χ2n) is 2.77. The van der Waals surface area contributed by atoms with Gasteiger partial charge in [-0.3, -0.25) is 0 Å². The molecule has 15 heavy (non-hydrogen) atoms. The minimum Gasteiger partial charge on any atom is -0.348 e. The Labute approximate surface area is 104 Å². The molecule has 0 bridgehead atoms. The largest absolute Gasteiger partial charge is 0.348 e. The first kappa shape index (κ1) is 10.9. The molecule has 0 spiro atoms. The van der Waals surface area contributed by atoms with Crippen LogP contribution in [0.5, 0.6) is 0 Å². The van der Waals surface area contributed by atoms with Gasteiger partial charge in [0.05, 0.1) is 5.75 Å². The number of benzene rings is 1. The summed E-state index contributed by atoms with van der Waals surface area (Å²) < 4.78 is 5.91. The highest BCUT2D eigenvalue weighted by Crippen LogP contribution is 2.23. The fraction of sp³-hybridized carbons (Fsp3) is 0.111. The van der Waals surface area contributed by atoms with Crippen LogP contribution >= 0.6 is 39.9 Å². The number of halogens is 1. The van der Waals surface area contributed by atoms with Gasteiger partial charge in [0.1, 0.15) is 0 Å². The average Bonchev–Trinajstić information content (AvgIpc) is 2.64. The smallest absolute Gasteiger partial charge is 0.314 e. The lowest BCUT2D eigenvalue weighted by Crippen LogP contribution is -1.82. The van der Waals surface area contributed by atoms with Crippen LogP contribution in [-0.4, -0.2) is 10.1 Å². The first-order valence-corrected chi connectivity index (χ1v) is 6.35. The third kappa shape index (κ3) is 3.19. The highest BCUT2D eigenvalue weighted by atomic mass is 79.9. The van der Waals surface area contributed by atoms with E-state index in [0.29, 0.717) is 0 Å². The summed E-state index contributed by atoms with van der Waals surface area (Å²) in [5.74, 6) is 1.48. The van der Waals surface area contributed by atoms with Gasteiger partial charge in [-0.15, -0.1) is 11.8 Å². The Morgan fingerprint density at radius 1 is 1.40 bits per heavy atom. The lowest BCUT2D eigenvalue weighted by molar-refractivity contribution is 0.400. The molecule has 78 valence electrons. The number of hydrogen-bond donors (Lipinski definition) is 1. The molecule has 0 amide bonds. The van der Waals surface area contributed by atoms with Crippen molar-refractivity contribution in [3.63, 3.8) is 0 Å². The van der Waals surface area contributed by atoms with Gasteiger partial charge in [0.15, 0.2) is 5.82 Å². The zero-order chi connectivity index (χ0) is 10.7. The molecule has 2 rings (SSSR count). The Balaban J connectivity index is 1.99. The van der Waals surface area contributed by atoms with Crippen LogP contribution < -0.4 is 0 Å². The van der Waals surface area contributed by atoms with Crippen molar-refractivity contribution in [2.24, 2.45) is 0 Å². The maximum Gasteiger partial charge on any atom is 0.314 e. The Hall–Kier alpha value is -0.590. The molecule has 3 nitrogen and oxygen atoms in total. The molecular weight excluding hydrogens is 296 g/mol. The molecular formula is C9H7BrN2OS2. The fourth-order valence-electron chi connectivity index (χ4n) is 1.00. The second kappa shape index (κ2) is 4.96.